The Balaban J connectivity index is 1.84. The SMILES string of the molecule is CC(C)Oc1cc(Cl)c(CNCCCn2ccc(=O)[nH]c2=O)cc1Cl. The van der Waals surface area contributed by atoms with Gasteiger partial charge in [0.15, 0.2) is 0 Å². The number of halogens is 2. The molecule has 1 aromatic carbocycles. The molecule has 2 N–H and O–H groups in total. The van der Waals surface area contributed by atoms with Gasteiger partial charge < -0.3 is 14.6 Å². The van der Waals surface area contributed by atoms with E-state index in [0.29, 0.717) is 35.4 Å². The normalized spacial score (nSPS) is 11.1. The summed E-state index contributed by atoms with van der Waals surface area (Å²) >= 11 is 12.5. The van der Waals surface area contributed by atoms with Gasteiger partial charge in [-0.25, -0.2) is 4.79 Å². The molecule has 0 spiro atoms. The Morgan fingerprint density at radius 1 is 1.24 bits per heavy atom. The first-order valence-corrected chi connectivity index (χ1v) is 8.77. The zero-order valence-electron chi connectivity index (χ0n) is 14.1. The van der Waals surface area contributed by atoms with Crippen LogP contribution < -0.4 is 21.3 Å². The smallest absolute Gasteiger partial charge is 0.328 e. The zero-order chi connectivity index (χ0) is 18.4. The second kappa shape index (κ2) is 9.08. The quantitative estimate of drug-likeness (QED) is 0.685. The number of nitrogens with one attached hydrogen (secondary N) is 2. The first-order chi connectivity index (χ1) is 11.9. The van der Waals surface area contributed by atoms with Crippen molar-refractivity contribution in [2.45, 2.75) is 39.5 Å². The third-order valence-corrected chi connectivity index (χ3v) is 4.08. The minimum absolute atomic E-state index is 0.0221. The van der Waals surface area contributed by atoms with Crippen molar-refractivity contribution in [2.24, 2.45) is 0 Å². The van der Waals surface area contributed by atoms with Crippen LogP contribution in [0.1, 0.15) is 25.8 Å². The van der Waals surface area contributed by atoms with E-state index in [1.165, 1.54) is 16.8 Å². The van der Waals surface area contributed by atoms with Crippen molar-refractivity contribution >= 4 is 23.2 Å². The highest BCUT2D eigenvalue weighted by atomic mass is 35.5. The van der Waals surface area contributed by atoms with Crippen LogP contribution >= 0.6 is 23.2 Å². The van der Waals surface area contributed by atoms with E-state index in [-0.39, 0.29) is 6.10 Å². The number of hydrogen-bond donors (Lipinski definition) is 2. The van der Waals surface area contributed by atoms with E-state index in [0.717, 1.165) is 12.0 Å². The fourth-order valence-electron chi connectivity index (χ4n) is 2.27. The van der Waals surface area contributed by atoms with Crippen molar-refractivity contribution in [3.63, 3.8) is 0 Å². The van der Waals surface area contributed by atoms with E-state index in [1.807, 2.05) is 13.8 Å². The van der Waals surface area contributed by atoms with Gasteiger partial charge in [0.05, 0.1) is 11.1 Å². The number of aromatic amines is 1. The minimum atomic E-state index is -0.400. The molecule has 2 rings (SSSR count). The first-order valence-electron chi connectivity index (χ1n) is 8.02. The van der Waals surface area contributed by atoms with Crippen LogP contribution in [0.4, 0.5) is 0 Å². The van der Waals surface area contributed by atoms with Gasteiger partial charge in [-0.2, -0.15) is 0 Å². The summed E-state index contributed by atoms with van der Waals surface area (Å²) in [5, 5.41) is 4.37. The average Bonchev–Trinajstić information content (AvgIpc) is 2.52. The molecule has 136 valence electrons. The topological polar surface area (TPSA) is 76.1 Å². The molecule has 0 saturated heterocycles. The van der Waals surface area contributed by atoms with E-state index < -0.39 is 11.2 Å². The van der Waals surface area contributed by atoms with Crippen LogP contribution in [0.15, 0.2) is 34.0 Å². The van der Waals surface area contributed by atoms with Crippen LogP contribution in [0.2, 0.25) is 10.0 Å². The number of H-pyrrole nitrogens is 1. The molecule has 0 bridgehead atoms. The van der Waals surface area contributed by atoms with Gasteiger partial charge in [0.1, 0.15) is 5.75 Å². The predicted molar refractivity (Wildman–Crippen MR) is 99.9 cm³/mol. The number of aryl methyl sites for hydroxylation is 1. The number of nitrogens with zero attached hydrogens (tertiary/aromatic N) is 1. The number of hydrogen-bond acceptors (Lipinski definition) is 4. The zero-order valence-corrected chi connectivity index (χ0v) is 15.7. The average molecular weight is 386 g/mol. The van der Waals surface area contributed by atoms with E-state index in [9.17, 15) is 9.59 Å². The van der Waals surface area contributed by atoms with E-state index >= 15 is 0 Å². The lowest BCUT2D eigenvalue weighted by Gasteiger charge is -2.14. The summed E-state index contributed by atoms with van der Waals surface area (Å²) in [6.45, 7) is 5.60. The molecule has 0 radical (unpaired) electrons. The summed E-state index contributed by atoms with van der Waals surface area (Å²) < 4.78 is 7.06. The second-order valence-corrected chi connectivity index (χ2v) is 6.69. The van der Waals surface area contributed by atoms with Gasteiger partial charge in [0.2, 0.25) is 0 Å². The van der Waals surface area contributed by atoms with Gasteiger partial charge in [-0.1, -0.05) is 23.2 Å². The second-order valence-electron chi connectivity index (χ2n) is 5.87. The molecule has 8 heteroatoms. The lowest BCUT2D eigenvalue weighted by Crippen LogP contribution is -2.29. The third kappa shape index (κ3) is 5.92. The Morgan fingerprint density at radius 3 is 2.68 bits per heavy atom. The van der Waals surface area contributed by atoms with E-state index in [2.05, 4.69) is 10.3 Å². The molecule has 2 aromatic rings. The highest BCUT2D eigenvalue weighted by Crippen LogP contribution is 2.31. The van der Waals surface area contributed by atoms with Crippen LogP contribution in [0.5, 0.6) is 5.75 Å². The number of aromatic nitrogens is 2. The van der Waals surface area contributed by atoms with Crippen molar-refractivity contribution in [1.82, 2.24) is 14.9 Å². The molecule has 0 atom stereocenters. The summed E-state index contributed by atoms with van der Waals surface area (Å²) in [6.07, 6.45) is 2.24. The molecule has 25 heavy (non-hydrogen) atoms. The standard InChI is InChI=1S/C17H21Cl2N3O3/c1-11(2)25-15-9-13(18)12(8-14(15)19)10-20-5-3-6-22-7-4-16(23)21-17(22)24/h4,7-9,11,20H,3,5-6,10H2,1-2H3,(H,21,23,24). The largest absolute Gasteiger partial charge is 0.489 e. The molecular formula is C17H21Cl2N3O3. The van der Waals surface area contributed by atoms with E-state index in [1.54, 1.807) is 12.1 Å². The van der Waals surface area contributed by atoms with Crippen LogP contribution in [0.3, 0.4) is 0 Å². The lowest BCUT2D eigenvalue weighted by atomic mass is 10.2. The third-order valence-electron chi connectivity index (χ3n) is 3.43. The number of benzene rings is 1. The van der Waals surface area contributed by atoms with Gasteiger partial charge in [-0.15, -0.1) is 0 Å². The Bertz CT molecular complexity index is 831. The highest BCUT2D eigenvalue weighted by molar-refractivity contribution is 6.34. The monoisotopic (exact) mass is 385 g/mol. The molecule has 0 amide bonds. The Labute approximate surface area is 155 Å². The summed E-state index contributed by atoms with van der Waals surface area (Å²) in [5.74, 6) is 0.572. The molecule has 0 fully saturated rings. The fraction of sp³-hybridized carbons (Fsp3) is 0.412. The van der Waals surface area contributed by atoms with Crippen molar-refractivity contribution in [1.29, 1.82) is 0 Å². The maximum absolute atomic E-state index is 11.6. The molecule has 0 aliphatic rings. The van der Waals surface area contributed by atoms with Crippen LogP contribution in [-0.4, -0.2) is 22.2 Å². The molecule has 1 aromatic heterocycles. The summed E-state index contributed by atoms with van der Waals surface area (Å²) in [5.41, 5.74) is 0.0860. The maximum Gasteiger partial charge on any atom is 0.328 e. The maximum atomic E-state index is 11.6. The van der Waals surface area contributed by atoms with Gasteiger partial charge in [-0.05, 0) is 38.4 Å². The van der Waals surface area contributed by atoms with Gasteiger partial charge in [0, 0.05) is 36.4 Å². The molecule has 1 heterocycles. The van der Waals surface area contributed by atoms with Crippen molar-refractivity contribution in [3.05, 3.63) is 60.8 Å². The minimum Gasteiger partial charge on any atom is -0.489 e. The van der Waals surface area contributed by atoms with Gasteiger partial charge in [0.25, 0.3) is 5.56 Å². The van der Waals surface area contributed by atoms with Crippen molar-refractivity contribution in [2.75, 3.05) is 6.54 Å². The highest BCUT2D eigenvalue weighted by Gasteiger charge is 2.09. The Kier molecular flexibility index (Phi) is 7.11. The van der Waals surface area contributed by atoms with Crippen molar-refractivity contribution in [3.8, 4) is 5.75 Å². The molecule has 0 aliphatic heterocycles. The molecular weight excluding hydrogens is 365 g/mol. The molecule has 0 aliphatic carbocycles. The summed E-state index contributed by atoms with van der Waals surface area (Å²) in [4.78, 5) is 24.8. The van der Waals surface area contributed by atoms with Crippen LogP contribution in [0, 0.1) is 0 Å². The van der Waals surface area contributed by atoms with Crippen LogP contribution in [0.25, 0.3) is 0 Å². The van der Waals surface area contributed by atoms with Crippen molar-refractivity contribution < 1.29 is 4.74 Å². The van der Waals surface area contributed by atoms with Gasteiger partial charge in [-0.3, -0.25) is 9.78 Å². The van der Waals surface area contributed by atoms with Gasteiger partial charge >= 0.3 is 5.69 Å². The number of rotatable bonds is 8. The lowest BCUT2D eigenvalue weighted by molar-refractivity contribution is 0.242. The Morgan fingerprint density at radius 2 is 2.00 bits per heavy atom. The molecule has 6 nitrogen and oxygen atoms in total. The molecule has 0 saturated carbocycles. The summed E-state index contributed by atoms with van der Waals surface area (Å²) in [6, 6.07) is 4.85. The predicted octanol–water partition coefficient (Wildman–Crippen LogP) is 2.81. The fourth-order valence-corrected chi connectivity index (χ4v) is 2.72. The van der Waals surface area contributed by atoms with E-state index in [4.69, 9.17) is 27.9 Å². The first kappa shape index (κ1) is 19.6. The molecule has 0 unspecified atom stereocenters. The number of ether oxygens (including phenoxy) is 1. The van der Waals surface area contributed by atoms with Crippen LogP contribution in [-0.2, 0) is 13.1 Å². The Hall–Kier alpha value is -1.76. The summed E-state index contributed by atoms with van der Waals surface area (Å²) in [7, 11) is 0.